The summed E-state index contributed by atoms with van der Waals surface area (Å²) in [5.74, 6) is 0.356. The van der Waals surface area contributed by atoms with Gasteiger partial charge in [-0.2, -0.15) is 9.97 Å². The zero-order valence-electron chi connectivity index (χ0n) is 9.14. The number of nitrogens with two attached hydrogens (primary N) is 2. The van der Waals surface area contributed by atoms with E-state index in [2.05, 4.69) is 9.97 Å². The Morgan fingerprint density at radius 1 is 1.18 bits per heavy atom. The SMILES string of the molecule is Cc1ccc(Oc2cc(N)nc(N)n2)cc1F. The smallest absolute Gasteiger partial charge is 0.226 e. The topological polar surface area (TPSA) is 87.0 Å². The van der Waals surface area contributed by atoms with Gasteiger partial charge in [-0.25, -0.2) is 4.39 Å². The molecule has 0 bridgehead atoms. The third-order valence-corrected chi connectivity index (χ3v) is 2.11. The molecule has 0 amide bonds. The van der Waals surface area contributed by atoms with Crippen LogP contribution in [0.2, 0.25) is 0 Å². The summed E-state index contributed by atoms with van der Waals surface area (Å²) in [6, 6.07) is 5.92. The Bertz CT molecular complexity index is 539. The number of aromatic nitrogens is 2. The summed E-state index contributed by atoms with van der Waals surface area (Å²) in [5.41, 5.74) is 11.4. The van der Waals surface area contributed by atoms with Crippen LogP contribution in [0.25, 0.3) is 0 Å². The van der Waals surface area contributed by atoms with Gasteiger partial charge in [0.15, 0.2) is 0 Å². The van der Waals surface area contributed by atoms with Gasteiger partial charge in [0.1, 0.15) is 17.4 Å². The highest BCUT2D eigenvalue weighted by molar-refractivity contribution is 5.40. The highest BCUT2D eigenvalue weighted by atomic mass is 19.1. The molecule has 5 nitrogen and oxygen atoms in total. The van der Waals surface area contributed by atoms with Crippen molar-refractivity contribution in [2.75, 3.05) is 11.5 Å². The second-order valence-corrected chi connectivity index (χ2v) is 3.50. The largest absolute Gasteiger partial charge is 0.439 e. The molecule has 0 saturated carbocycles. The van der Waals surface area contributed by atoms with Crippen molar-refractivity contribution in [1.82, 2.24) is 9.97 Å². The molecule has 0 aliphatic heterocycles. The van der Waals surface area contributed by atoms with Gasteiger partial charge < -0.3 is 16.2 Å². The zero-order chi connectivity index (χ0) is 12.4. The van der Waals surface area contributed by atoms with Crippen LogP contribution in [-0.2, 0) is 0 Å². The van der Waals surface area contributed by atoms with Gasteiger partial charge >= 0.3 is 0 Å². The Morgan fingerprint density at radius 3 is 2.59 bits per heavy atom. The number of anilines is 2. The lowest BCUT2D eigenvalue weighted by atomic mass is 10.2. The summed E-state index contributed by atoms with van der Waals surface area (Å²) in [4.78, 5) is 7.52. The van der Waals surface area contributed by atoms with E-state index in [1.165, 1.54) is 12.1 Å². The first-order valence-corrected chi connectivity index (χ1v) is 4.88. The first-order valence-electron chi connectivity index (χ1n) is 4.88. The molecule has 0 spiro atoms. The van der Waals surface area contributed by atoms with E-state index in [9.17, 15) is 4.39 Å². The second kappa shape index (κ2) is 4.25. The van der Waals surface area contributed by atoms with E-state index in [4.69, 9.17) is 16.2 Å². The van der Waals surface area contributed by atoms with Gasteiger partial charge in [0.05, 0.1) is 0 Å². The number of nitrogen functional groups attached to an aromatic ring is 2. The Labute approximate surface area is 97.3 Å². The van der Waals surface area contributed by atoms with Crippen LogP contribution in [0.15, 0.2) is 24.3 Å². The minimum absolute atomic E-state index is 0.00702. The first kappa shape index (κ1) is 11.1. The molecule has 0 unspecified atom stereocenters. The fraction of sp³-hybridized carbons (Fsp3) is 0.0909. The molecular weight excluding hydrogens is 223 g/mol. The number of halogens is 1. The lowest BCUT2D eigenvalue weighted by Crippen LogP contribution is -2.00. The molecule has 2 rings (SSSR count). The highest BCUT2D eigenvalue weighted by Crippen LogP contribution is 2.23. The van der Waals surface area contributed by atoms with Crippen molar-refractivity contribution < 1.29 is 9.13 Å². The van der Waals surface area contributed by atoms with E-state index in [0.29, 0.717) is 11.3 Å². The maximum Gasteiger partial charge on any atom is 0.226 e. The van der Waals surface area contributed by atoms with Crippen LogP contribution >= 0.6 is 0 Å². The van der Waals surface area contributed by atoms with E-state index in [0.717, 1.165) is 0 Å². The number of benzene rings is 1. The third kappa shape index (κ3) is 2.60. The van der Waals surface area contributed by atoms with Gasteiger partial charge in [0, 0.05) is 12.1 Å². The summed E-state index contributed by atoms with van der Waals surface area (Å²) in [5, 5.41) is 0. The summed E-state index contributed by atoms with van der Waals surface area (Å²) in [6.45, 7) is 1.67. The molecule has 1 heterocycles. The van der Waals surface area contributed by atoms with Crippen LogP contribution in [0.5, 0.6) is 11.6 Å². The van der Waals surface area contributed by atoms with Crippen LogP contribution in [0.1, 0.15) is 5.56 Å². The van der Waals surface area contributed by atoms with Crippen molar-refractivity contribution in [3.05, 3.63) is 35.6 Å². The maximum atomic E-state index is 13.3. The molecule has 1 aromatic carbocycles. The molecule has 0 atom stereocenters. The molecule has 6 heteroatoms. The van der Waals surface area contributed by atoms with Crippen molar-refractivity contribution in [3.63, 3.8) is 0 Å². The van der Waals surface area contributed by atoms with E-state index in [-0.39, 0.29) is 23.5 Å². The minimum atomic E-state index is -0.350. The number of aryl methyl sites for hydroxylation is 1. The molecule has 1 aromatic heterocycles. The van der Waals surface area contributed by atoms with Gasteiger partial charge in [-0.1, -0.05) is 6.07 Å². The zero-order valence-corrected chi connectivity index (χ0v) is 9.14. The van der Waals surface area contributed by atoms with Crippen LogP contribution in [0.3, 0.4) is 0 Å². The molecule has 0 fully saturated rings. The summed E-state index contributed by atoms with van der Waals surface area (Å²) >= 11 is 0. The predicted octanol–water partition coefficient (Wildman–Crippen LogP) is 1.88. The molecule has 17 heavy (non-hydrogen) atoms. The predicted molar refractivity (Wildman–Crippen MR) is 62.1 cm³/mol. The average Bonchev–Trinajstić information content (AvgIpc) is 2.22. The Morgan fingerprint density at radius 2 is 1.94 bits per heavy atom. The van der Waals surface area contributed by atoms with Gasteiger partial charge in [-0.15, -0.1) is 0 Å². The van der Waals surface area contributed by atoms with Gasteiger partial charge in [0.2, 0.25) is 11.8 Å². The van der Waals surface area contributed by atoms with Crippen molar-refractivity contribution in [1.29, 1.82) is 0 Å². The maximum absolute atomic E-state index is 13.3. The van der Waals surface area contributed by atoms with Crippen molar-refractivity contribution in [3.8, 4) is 11.6 Å². The minimum Gasteiger partial charge on any atom is -0.439 e. The van der Waals surface area contributed by atoms with Gasteiger partial charge in [-0.3, -0.25) is 0 Å². The molecule has 2 aromatic rings. The number of hydrogen-bond donors (Lipinski definition) is 2. The van der Waals surface area contributed by atoms with Gasteiger partial charge in [0.25, 0.3) is 0 Å². The lowest BCUT2D eigenvalue weighted by molar-refractivity contribution is 0.457. The number of rotatable bonds is 2. The number of nitrogens with zero attached hydrogens (tertiary/aromatic N) is 2. The second-order valence-electron chi connectivity index (χ2n) is 3.50. The average molecular weight is 234 g/mol. The molecule has 0 aliphatic carbocycles. The van der Waals surface area contributed by atoms with E-state index >= 15 is 0 Å². The highest BCUT2D eigenvalue weighted by Gasteiger charge is 2.05. The van der Waals surface area contributed by atoms with Crippen molar-refractivity contribution in [2.24, 2.45) is 0 Å². The lowest BCUT2D eigenvalue weighted by Gasteiger charge is -2.06. The van der Waals surface area contributed by atoms with E-state index in [1.807, 2.05) is 0 Å². The molecule has 88 valence electrons. The first-order chi connectivity index (χ1) is 8.04. The van der Waals surface area contributed by atoms with Crippen LogP contribution < -0.4 is 16.2 Å². The normalized spacial score (nSPS) is 10.2. The van der Waals surface area contributed by atoms with Crippen molar-refractivity contribution >= 4 is 11.8 Å². The number of ether oxygens (including phenoxy) is 1. The molecular formula is C11H11FN4O. The summed E-state index contributed by atoms with van der Waals surface area (Å²) < 4.78 is 18.6. The van der Waals surface area contributed by atoms with E-state index < -0.39 is 0 Å². The fourth-order valence-electron chi connectivity index (χ4n) is 1.27. The monoisotopic (exact) mass is 234 g/mol. The molecule has 0 aliphatic rings. The third-order valence-electron chi connectivity index (χ3n) is 2.11. The number of hydrogen-bond acceptors (Lipinski definition) is 5. The van der Waals surface area contributed by atoms with E-state index in [1.54, 1.807) is 19.1 Å². The van der Waals surface area contributed by atoms with Crippen LogP contribution in [0, 0.1) is 12.7 Å². The summed E-state index contributed by atoms with van der Waals surface area (Å²) in [6.07, 6.45) is 0. The summed E-state index contributed by atoms with van der Waals surface area (Å²) in [7, 11) is 0. The Kier molecular flexibility index (Phi) is 2.78. The standard InChI is InChI=1S/C11H11FN4O/c1-6-2-3-7(4-8(6)12)17-10-5-9(13)15-11(14)16-10/h2-5H,1H3,(H4,13,14,15,16). The molecule has 0 saturated heterocycles. The van der Waals surface area contributed by atoms with Gasteiger partial charge in [-0.05, 0) is 18.6 Å². The quantitative estimate of drug-likeness (QED) is 0.828. The Hall–Kier alpha value is -2.37. The van der Waals surface area contributed by atoms with Crippen LogP contribution in [-0.4, -0.2) is 9.97 Å². The fourth-order valence-corrected chi connectivity index (χ4v) is 1.27. The molecule has 0 radical (unpaired) electrons. The Balaban J connectivity index is 2.28. The molecule has 4 N–H and O–H groups in total. The van der Waals surface area contributed by atoms with Crippen molar-refractivity contribution in [2.45, 2.75) is 6.92 Å². The van der Waals surface area contributed by atoms with Crippen LogP contribution in [0.4, 0.5) is 16.2 Å².